The standard InChI is InChI=1S/C18H13N3O2/c1-13-5-7-16(8-6-13)23-18(22)21-11-17(20-12-21)15-4-2-3-14(9-15)10-19/h2-9,11-12H,1H3. The number of nitriles is 1. The van der Waals surface area contributed by atoms with E-state index in [1.54, 1.807) is 36.5 Å². The van der Waals surface area contributed by atoms with Gasteiger partial charge in [-0.1, -0.05) is 29.8 Å². The lowest BCUT2D eigenvalue weighted by Gasteiger charge is -2.04. The van der Waals surface area contributed by atoms with Crippen LogP contribution in [-0.4, -0.2) is 15.6 Å². The molecule has 0 bridgehead atoms. The van der Waals surface area contributed by atoms with Crippen molar-refractivity contribution in [2.45, 2.75) is 6.92 Å². The van der Waals surface area contributed by atoms with Gasteiger partial charge in [-0.3, -0.25) is 0 Å². The van der Waals surface area contributed by atoms with Crippen LogP contribution in [0.2, 0.25) is 0 Å². The maximum atomic E-state index is 12.1. The number of ether oxygens (including phenoxy) is 1. The first kappa shape index (κ1) is 14.5. The van der Waals surface area contributed by atoms with Crippen molar-refractivity contribution in [2.75, 3.05) is 0 Å². The second kappa shape index (κ2) is 6.16. The third kappa shape index (κ3) is 3.27. The fourth-order valence-corrected chi connectivity index (χ4v) is 2.08. The molecule has 0 saturated heterocycles. The maximum Gasteiger partial charge on any atom is 0.424 e. The van der Waals surface area contributed by atoms with Crippen molar-refractivity contribution in [3.8, 4) is 23.1 Å². The van der Waals surface area contributed by atoms with E-state index in [9.17, 15) is 4.79 Å². The van der Waals surface area contributed by atoms with E-state index in [4.69, 9.17) is 10.00 Å². The lowest BCUT2D eigenvalue weighted by molar-refractivity contribution is 0.202. The molecule has 0 aliphatic carbocycles. The predicted octanol–water partition coefficient (Wildman–Crippen LogP) is 3.78. The number of nitrogens with zero attached hydrogens (tertiary/aromatic N) is 3. The predicted molar refractivity (Wildman–Crippen MR) is 85.0 cm³/mol. The molecule has 23 heavy (non-hydrogen) atoms. The van der Waals surface area contributed by atoms with Gasteiger partial charge in [0.15, 0.2) is 0 Å². The molecule has 5 nitrogen and oxygen atoms in total. The summed E-state index contributed by atoms with van der Waals surface area (Å²) in [7, 11) is 0. The maximum absolute atomic E-state index is 12.1. The second-order valence-corrected chi connectivity index (χ2v) is 5.04. The summed E-state index contributed by atoms with van der Waals surface area (Å²) in [6.07, 6.45) is 2.43. The highest BCUT2D eigenvalue weighted by molar-refractivity contribution is 5.75. The lowest BCUT2D eigenvalue weighted by Crippen LogP contribution is -2.14. The topological polar surface area (TPSA) is 67.9 Å². The van der Waals surface area contributed by atoms with Crippen LogP contribution in [0.25, 0.3) is 11.3 Å². The van der Waals surface area contributed by atoms with E-state index in [1.165, 1.54) is 10.9 Å². The Labute approximate surface area is 133 Å². The molecule has 0 atom stereocenters. The monoisotopic (exact) mass is 303 g/mol. The van der Waals surface area contributed by atoms with Crippen molar-refractivity contribution in [3.63, 3.8) is 0 Å². The number of carbonyl (C=O) groups is 1. The third-order valence-electron chi connectivity index (χ3n) is 3.31. The fourth-order valence-electron chi connectivity index (χ4n) is 2.08. The molecule has 3 rings (SSSR count). The zero-order valence-corrected chi connectivity index (χ0v) is 12.4. The van der Waals surface area contributed by atoms with Crippen LogP contribution in [0.5, 0.6) is 5.75 Å². The van der Waals surface area contributed by atoms with E-state index in [1.807, 2.05) is 25.1 Å². The Morgan fingerprint density at radius 2 is 2.00 bits per heavy atom. The van der Waals surface area contributed by atoms with Crippen LogP contribution in [-0.2, 0) is 0 Å². The summed E-state index contributed by atoms with van der Waals surface area (Å²) in [6.45, 7) is 1.96. The summed E-state index contributed by atoms with van der Waals surface area (Å²) in [6, 6.07) is 16.3. The van der Waals surface area contributed by atoms with Crippen LogP contribution >= 0.6 is 0 Å². The van der Waals surface area contributed by atoms with Crippen molar-refractivity contribution >= 4 is 6.09 Å². The average molecular weight is 303 g/mol. The largest absolute Gasteiger partial charge is 0.424 e. The van der Waals surface area contributed by atoms with Crippen LogP contribution in [0.1, 0.15) is 11.1 Å². The molecule has 0 aliphatic rings. The Morgan fingerprint density at radius 3 is 2.74 bits per heavy atom. The van der Waals surface area contributed by atoms with Crippen LogP contribution in [0.15, 0.2) is 61.1 Å². The highest BCUT2D eigenvalue weighted by Gasteiger charge is 2.10. The number of aryl methyl sites for hydroxylation is 1. The molecule has 112 valence electrons. The first-order chi connectivity index (χ1) is 11.2. The zero-order valence-electron chi connectivity index (χ0n) is 12.4. The van der Waals surface area contributed by atoms with Gasteiger partial charge in [-0.05, 0) is 31.2 Å². The van der Waals surface area contributed by atoms with E-state index >= 15 is 0 Å². The molecule has 0 amide bonds. The first-order valence-electron chi connectivity index (χ1n) is 6.99. The summed E-state index contributed by atoms with van der Waals surface area (Å²) < 4.78 is 6.55. The molecule has 0 spiro atoms. The number of benzene rings is 2. The molecule has 1 aromatic heterocycles. The minimum atomic E-state index is -0.538. The first-order valence-corrected chi connectivity index (χ1v) is 6.99. The minimum absolute atomic E-state index is 0.474. The summed E-state index contributed by atoms with van der Waals surface area (Å²) in [5, 5.41) is 8.94. The van der Waals surface area contributed by atoms with E-state index in [2.05, 4.69) is 11.1 Å². The molecule has 0 unspecified atom stereocenters. The molecule has 0 radical (unpaired) electrons. The molecule has 2 aromatic carbocycles. The van der Waals surface area contributed by atoms with Gasteiger partial charge in [-0.2, -0.15) is 5.26 Å². The van der Waals surface area contributed by atoms with E-state index in [0.717, 1.165) is 11.1 Å². The van der Waals surface area contributed by atoms with Crippen molar-refractivity contribution in [2.24, 2.45) is 0 Å². The molecular formula is C18H13N3O2. The van der Waals surface area contributed by atoms with Crippen molar-refractivity contribution < 1.29 is 9.53 Å². The minimum Gasteiger partial charge on any atom is -0.410 e. The van der Waals surface area contributed by atoms with Gasteiger partial charge in [0.2, 0.25) is 0 Å². The molecular weight excluding hydrogens is 290 g/mol. The van der Waals surface area contributed by atoms with Gasteiger partial charge in [-0.25, -0.2) is 14.3 Å². The molecule has 3 aromatic rings. The Balaban J connectivity index is 1.79. The van der Waals surface area contributed by atoms with Gasteiger partial charge in [0.1, 0.15) is 12.1 Å². The fraction of sp³-hybridized carbons (Fsp3) is 0.0556. The average Bonchev–Trinajstić information content (AvgIpc) is 3.07. The number of carbonyl (C=O) groups excluding carboxylic acids is 1. The van der Waals surface area contributed by atoms with Crippen LogP contribution in [0.4, 0.5) is 4.79 Å². The number of imidazole rings is 1. The number of aromatic nitrogens is 2. The van der Waals surface area contributed by atoms with Crippen LogP contribution in [0.3, 0.4) is 0 Å². The summed E-state index contributed by atoms with van der Waals surface area (Å²) in [5.41, 5.74) is 3.00. The van der Waals surface area contributed by atoms with Gasteiger partial charge >= 0.3 is 6.09 Å². The number of rotatable bonds is 2. The molecule has 0 aliphatic heterocycles. The quantitative estimate of drug-likeness (QED) is 0.722. The molecule has 0 fully saturated rings. The molecule has 1 heterocycles. The van der Waals surface area contributed by atoms with Gasteiger partial charge in [0.25, 0.3) is 0 Å². The molecule has 5 heteroatoms. The van der Waals surface area contributed by atoms with E-state index in [0.29, 0.717) is 17.0 Å². The van der Waals surface area contributed by atoms with Gasteiger partial charge in [-0.15, -0.1) is 0 Å². The van der Waals surface area contributed by atoms with Crippen molar-refractivity contribution in [1.82, 2.24) is 9.55 Å². The molecule has 0 N–H and O–H groups in total. The Morgan fingerprint density at radius 1 is 1.22 bits per heavy atom. The van der Waals surface area contributed by atoms with E-state index in [-0.39, 0.29) is 0 Å². The highest BCUT2D eigenvalue weighted by Crippen LogP contribution is 2.19. The Hall–Kier alpha value is -3.39. The van der Waals surface area contributed by atoms with Gasteiger partial charge in [0, 0.05) is 11.8 Å². The number of hydrogen-bond acceptors (Lipinski definition) is 4. The summed E-state index contributed by atoms with van der Waals surface area (Å²) in [5.74, 6) is 0.474. The van der Waals surface area contributed by atoms with Gasteiger partial charge in [0.05, 0.1) is 17.3 Å². The smallest absolute Gasteiger partial charge is 0.410 e. The second-order valence-electron chi connectivity index (χ2n) is 5.04. The summed E-state index contributed by atoms with van der Waals surface area (Å²) >= 11 is 0. The van der Waals surface area contributed by atoms with Crippen molar-refractivity contribution in [3.05, 3.63) is 72.2 Å². The van der Waals surface area contributed by atoms with E-state index < -0.39 is 6.09 Å². The normalized spacial score (nSPS) is 10.1. The Bertz CT molecular complexity index is 889. The summed E-state index contributed by atoms with van der Waals surface area (Å²) in [4.78, 5) is 16.3. The van der Waals surface area contributed by atoms with Gasteiger partial charge < -0.3 is 4.74 Å². The molecule has 0 saturated carbocycles. The van der Waals surface area contributed by atoms with Crippen LogP contribution < -0.4 is 4.74 Å². The third-order valence-corrected chi connectivity index (χ3v) is 3.31. The zero-order chi connectivity index (χ0) is 16.2. The van der Waals surface area contributed by atoms with Crippen molar-refractivity contribution in [1.29, 1.82) is 5.26 Å². The Kier molecular flexibility index (Phi) is 3.89. The SMILES string of the molecule is Cc1ccc(OC(=O)n2cnc(-c3cccc(C#N)c3)c2)cc1. The number of hydrogen-bond donors (Lipinski definition) is 0. The lowest BCUT2D eigenvalue weighted by atomic mass is 10.1. The highest BCUT2D eigenvalue weighted by atomic mass is 16.6. The van der Waals surface area contributed by atoms with Crippen LogP contribution in [0, 0.1) is 18.3 Å².